The molecule has 0 aliphatic carbocycles. The fourth-order valence-corrected chi connectivity index (χ4v) is 1.61. The van der Waals surface area contributed by atoms with E-state index < -0.39 is 5.82 Å². The fourth-order valence-electron chi connectivity index (χ4n) is 1.61. The third-order valence-corrected chi connectivity index (χ3v) is 2.43. The number of hydrogen-bond acceptors (Lipinski definition) is 4. The molecule has 1 heterocycles. The van der Waals surface area contributed by atoms with E-state index in [4.69, 9.17) is 0 Å². The highest BCUT2D eigenvalue weighted by Gasteiger charge is 2.18. The van der Waals surface area contributed by atoms with Crippen LogP contribution in [0.3, 0.4) is 0 Å². The first-order valence-electron chi connectivity index (χ1n) is 4.98. The molecule has 1 aliphatic heterocycles. The smallest absolute Gasteiger partial charge is 0.150 e. The predicted octanol–water partition coefficient (Wildman–Crippen LogP) is 0.841. The Bertz CT molecular complexity index is 328. The van der Waals surface area contributed by atoms with Crippen molar-refractivity contribution in [3.63, 3.8) is 0 Å². The largest absolute Gasteiger partial charge is 0.314 e. The van der Waals surface area contributed by atoms with E-state index in [1.54, 1.807) is 23.2 Å². The monoisotopic (exact) mass is 211 g/mol. The number of hydrogen-bond donors (Lipinski definition) is 2. The Morgan fingerprint density at radius 1 is 1.27 bits per heavy atom. The fraction of sp³-hybridized carbons (Fsp3) is 0.400. The van der Waals surface area contributed by atoms with Crippen LogP contribution in [0.25, 0.3) is 0 Å². The van der Waals surface area contributed by atoms with Crippen LogP contribution < -0.4 is 10.5 Å². The van der Waals surface area contributed by atoms with Crippen LogP contribution in [0.1, 0.15) is 0 Å². The third-order valence-electron chi connectivity index (χ3n) is 2.43. The van der Waals surface area contributed by atoms with Crippen molar-refractivity contribution in [2.24, 2.45) is 0 Å². The number of halogens is 1. The quantitative estimate of drug-likeness (QED) is 0.711. The van der Waals surface area contributed by atoms with Crippen molar-refractivity contribution >= 4 is 5.69 Å². The van der Waals surface area contributed by atoms with Crippen molar-refractivity contribution in [1.82, 2.24) is 10.3 Å². The number of benzene rings is 1. The molecule has 1 aromatic carbocycles. The highest BCUT2D eigenvalue weighted by molar-refractivity contribution is 5.43. The molecule has 1 aromatic rings. The van der Waals surface area contributed by atoms with Gasteiger partial charge in [0.25, 0.3) is 0 Å². The predicted molar refractivity (Wildman–Crippen MR) is 55.1 cm³/mol. The number of para-hydroxylation sites is 1. The van der Waals surface area contributed by atoms with Crippen LogP contribution in [-0.2, 0) is 0 Å². The molecule has 2 N–H and O–H groups in total. The summed E-state index contributed by atoms with van der Waals surface area (Å²) in [6.45, 7) is 2.94. The Balaban J connectivity index is 2.12. The van der Waals surface area contributed by atoms with E-state index in [1.165, 1.54) is 6.07 Å². The average Bonchev–Trinajstić information content (AvgIpc) is 2.30. The van der Waals surface area contributed by atoms with Crippen LogP contribution in [0.2, 0.25) is 0 Å². The zero-order valence-corrected chi connectivity index (χ0v) is 8.36. The summed E-state index contributed by atoms with van der Waals surface area (Å²) in [5.74, 6) is -0.418. The van der Waals surface area contributed by atoms with Gasteiger partial charge in [-0.05, 0) is 12.1 Å². The maximum Gasteiger partial charge on any atom is 0.150 e. The van der Waals surface area contributed by atoms with E-state index >= 15 is 0 Å². The van der Waals surface area contributed by atoms with Gasteiger partial charge in [-0.1, -0.05) is 12.1 Å². The van der Waals surface area contributed by atoms with Gasteiger partial charge in [0.15, 0.2) is 5.82 Å². The molecular formula is C10H14FN3O. The molecule has 15 heavy (non-hydrogen) atoms. The van der Waals surface area contributed by atoms with Crippen molar-refractivity contribution < 1.29 is 9.60 Å². The maximum atomic E-state index is 13.4. The van der Waals surface area contributed by atoms with Crippen molar-refractivity contribution in [2.75, 3.05) is 31.4 Å². The van der Waals surface area contributed by atoms with Gasteiger partial charge in [0.2, 0.25) is 0 Å². The topological polar surface area (TPSA) is 38.7 Å². The average molecular weight is 211 g/mol. The maximum absolute atomic E-state index is 13.4. The van der Waals surface area contributed by atoms with Crippen molar-refractivity contribution in [2.45, 2.75) is 0 Å². The molecule has 4 nitrogen and oxygen atoms in total. The van der Waals surface area contributed by atoms with Crippen LogP contribution in [0.4, 0.5) is 10.1 Å². The molecule has 0 spiro atoms. The van der Waals surface area contributed by atoms with Crippen LogP contribution >= 0.6 is 0 Å². The normalized spacial score (nSPS) is 17.7. The molecule has 0 radical (unpaired) electrons. The van der Waals surface area contributed by atoms with E-state index in [0.29, 0.717) is 13.1 Å². The third kappa shape index (κ3) is 2.26. The summed E-state index contributed by atoms with van der Waals surface area (Å²) in [6, 6.07) is 6.19. The Morgan fingerprint density at radius 3 is 2.60 bits per heavy atom. The number of rotatable bonds is 2. The highest BCUT2D eigenvalue weighted by atomic mass is 19.1. The Labute approximate surface area is 87.8 Å². The number of hydrazine groups is 1. The molecule has 0 unspecified atom stereocenters. The molecule has 1 fully saturated rings. The molecular weight excluding hydrogens is 197 g/mol. The Morgan fingerprint density at radius 2 is 1.93 bits per heavy atom. The molecule has 0 saturated carbocycles. The lowest BCUT2D eigenvalue weighted by Gasteiger charge is -2.34. The van der Waals surface area contributed by atoms with Gasteiger partial charge in [-0.3, -0.25) is 5.21 Å². The Kier molecular flexibility index (Phi) is 3.15. The second-order valence-electron chi connectivity index (χ2n) is 3.44. The van der Waals surface area contributed by atoms with E-state index in [1.807, 2.05) is 0 Å². The van der Waals surface area contributed by atoms with Gasteiger partial charge in [-0.2, -0.15) is 10.2 Å². The Hall–Kier alpha value is -1.17. The summed E-state index contributed by atoms with van der Waals surface area (Å²) in [5.41, 5.74) is 0.194. The van der Waals surface area contributed by atoms with Gasteiger partial charge < -0.3 is 5.32 Å². The van der Waals surface area contributed by atoms with Gasteiger partial charge in [0, 0.05) is 26.2 Å². The lowest BCUT2D eigenvalue weighted by molar-refractivity contribution is 0.0540. The molecule has 1 aliphatic rings. The molecule has 0 aromatic heterocycles. The first-order chi connectivity index (χ1) is 7.29. The number of piperazine rings is 1. The molecule has 0 bridgehead atoms. The first-order valence-corrected chi connectivity index (χ1v) is 4.98. The molecule has 82 valence electrons. The number of nitrogens with one attached hydrogen (secondary N) is 1. The van der Waals surface area contributed by atoms with Gasteiger partial charge in [-0.25, -0.2) is 4.39 Å². The van der Waals surface area contributed by atoms with Crippen LogP contribution in [0, 0.1) is 5.82 Å². The van der Waals surface area contributed by atoms with Crippen LogP contribution in [-0.4, -0.2) is 36.4 Å². The van der Waals surface area contributed by atoms with Gasteiger partial charge in [-0.15, -0.1) is 0 Å². The zero-order valence-electron chi connectivity index (χ0n) is 8.36. The molecule has 1 saturated heterocycles. The van der Waals surface area contributed by atoms with Gasteiger partial charge in [0.1, 0.15) is 5.69 Å². The van der Waals surface area contributed by atoms with Crippen molar-refractivity contribution in [3.05, 3.63) is 30.1 Å². The highest BCUT2D eigenvalue weighted by Crippen LogP contribution is 2.18. The van der Waals surface area contributed by atoms with E-state index in [-0.39, 0.29) is 5.69 Å². The summed E-state index contributed by atoms with van der Waals surface area (Å²) in [4.78, 5) is 0. The van der Waals surface area contributed by atoms with E-state index in [9.17, 15) is 9.60 Å². The zero-order chi connectivity index (χ0) is 10.7. The van der Waals surface area contributed by atoms with Crippen molar-refractivity contribution in [3.8, 4) is 0 Å². The van der Waals surface area contributed by atoms with E-state index in [0.717, 1.165) is 18.3 Å². The summed E-state index contributed by atoms with van der Waals surface area (Å²) in [5, 5.41) is 15.6. The van der Waals surface area contributed by atoms with Crippen LogP contribution in [0.15, 0.2) is 24.3 Å². The minimum atomic E-state index is -0.418. The van der Waals surface area contributed by atoms with Gasteiger partial charge >= 0.3 is 0 Å². The lowest BCUT2D eigenvalue weighted by Crippen LogP contribution is -2.51. The van der Waals surface area contributed by atoms with Crippen LogP contribution in [0.5, 0.6) is 0 Å². The summed E-state index contributed by atoms with van der Waals surface area (Å²) in [7, 11) is 0. The first kappa shape index (κ1) is 10.4. The second-order valence-corrected chi connectivity index (χ2v) is 3.44. The van der Waals surface area contributed by atoms with Crippen molar-refractivity contribution in [1.29, 1.82) is 0 Å². The summed E-state index contributed by atoms with van der Waals surface area (Å²) in [6.07, 6.45) is 0. The molecule has 5 heteroatoms. The standard InChI is InChI=1S/C10H14FN3O/c11-9-3-1-2-4-10(9)14(15)13-7-5-12-6-8-13/h1-4,12,15H,5-8H2. The number of anilines is 1. The minimum absolute atomic E-state index is 0.194. The SMILES string of the molecule is ON(c1ccccc1F)N1CCNCC1. The summed E-state index contributed by atoms with van der Waals surface area (Å²) < 4.78 is 13.4. The number of nitrogens with zero attached hydrogens (tertiary/aromatic N) is 2. The minimum Gasteiger partial charge on any atom is -0.314 e. The molecule has 0 amide bonds. The lowest BCUT2D eigenvalue weighted by atomic mass is 10.3. The second kappa shape index (κ2) is 4.57. The molecule has 2 rings (SSSR count). The van der Waals surface area contributed by atoms with Gasteiger partial charge in [0.05, 0.1) is 0 Å². The van der Waals surface area contributed by atoms with E-state index in [2.05, 4.69) is 5.32 Å². The summed E-state index contributed by atoms with van der Waals surface area (Å²) >= 11 is 0. The molecule has 0 atom stereocenters.